The van der Waals surface area contributed by atoms with Gasteiger partial charge in [0, 0.05) is 41.2 Å². The normalized spacial score (nSPS) is 10.7. The van der Waals surface area contributed by atoms with Crippen LogP contribution in [0.3, 0.4) is 0 Å². The lowest BCUT2D eigenvalue weighted by Gasteiger charge is -2.14. The zero-order chi connectivity index (χ0) is 23.4. The number of nitrogens with zero attached hydrogens (tertiary/aromatic N) is 2. The number of ether oxygens (including phenoxy) is 2. The van der Waals surface area contributed by atoms with Crippen LogP contribution in [0, 0.1) is 13.8 Å². The molecule has 0 unspecified atom stereocenters. The fourth-order valence-corrected chi connectivity index (χ4v) is 3.81. The molecular weight excluding hydrogens is 438 g/mol. The number of aromatic nitrogens is 2. The number of hydrogen-bond acceptors (Lipinski definition) is 4. The van der Waals surface area contributed by atoms with E-state index in [-0.39, 0.29) is 5.91 Å². The van der Waals surface area contributed by atoms with E-state index in [0.717, 1.165) is 22.6 Å². The van der Waals surface area contributed by atoms with Crippen LogP contribution in [0.1, 0.15) is 27.3 Å². The van der Waals surface area contributed by atoms with Crippen molar-refractivity contribution in [3.63, 3.8) is 0 Å². The molecule has 1 amide bonds. The van der Waals surface area contributed by atoms with Gasteiger partial charge >= 0.3 is 0 Å². The zero-order valence-corrected chi connectivity index (χ0v) is 19.4. The second-order valence-electron chi connectivity index (χ2n) is 7.58. The highest BCUT2D eigenvalue weighted by atomic mass is 35.5. The van der Waals surface area contributed by atoms with Crippen LogP contribution >= 0.6 is 11.6 Å². The Kier molecular flexibility index (Phi) is 6.66. The molecule has 4 rings (SSSR count). The lowest BCUT2D eigenvalue weighted by atomic mass is 10.1. The van der Waals surface area contributed by atoms with Crippen LogP contribution in [0.5, 0.6) is 11.5 Å². The number of benzene rings is 2. The number of halogens is 1. The van der Waals surface area contributed by atoms with Crippen molar-refractivity contribution in [1.29, 1.82) is 0 Å². The van der Waals surface area contributed by atoms with Crippen molar-refractivity contribution in [2.75, 3.05) is 12.4 Å². The van der Waals surface area contributed by atoms with E-state index in [0.29, 0.717) is 34.4 Å². The Bertz CT molecular complexity index is 1270. The summed E-state index contributed by atoms with van der Waals surface area (Å²) in [6.45, 7) is 4.39. The minimum Gasteiger partial charge on any atom is -0.493 e. The molecule has 0 fully saturated rings. The maximum Gasteiger partial charge on any atom is 0.257 e. The van der Waals surface area contributed by atoms with E-state index in [9.17, 15) is 4.79 Å². The van der Waals surface area contributed by atoms with E-state index in [4.69, 9.17) is 21.1 Å². The molecule has 4 aromatic rings. The molecule has 2 aromatic heterocycles. The third-order valence-electron chi connectivity index (χ3n) is 5.29. The summed E-state index contributed by atoms with van der Waals surface area (Å²) in [5.74, 6) is 0.778. The summed E-state index contributed by atoms with van der Waals surface area (Å²) in [6, 6.07) is 18.5. The molecule has 0 radical (unpaired) electrons. The third kappa shape index (κ3) is 5.02. The average molecular weight is 462 g/mol. The summed E-state index contributed by atoms with van der Waals surface area (Å²) in [4.78, 5) is 17.1. The molecule has 7 heteroatoms. The number of rotatable bonds is 7. The van der Waals surface area contributed by atoms with Crippen LogP contribution in [-0.4, -0.2) is 22.6 Å². The van der Waals surface area contributed by atoms with Gasteiger partial charge in [0.15, 0.2) is 11.5 Å². The van der Waals surface area contributed by atoms with Gasteiger partial charge in [0.05, 0.1) is 17.7 Å². The maximum atomic E-state index is 13.1. The van der Waals surface area contributed by atoms with E-state index in [1.807, 2.05) is 44.2 Å². The van der Waals surface area contributed by atoms with Crippen LogP contribution in [0.4, 0.5) is 5.69 Å². The second kappa shape index (κ2) is 9.79. The molecule has 1 N–H and O–H groups in total. The predicted molar refractivity (Wildman–Crippen MR) is 130 cm³/mol. The quantitative estimate of drug-likeness (QED) is 0.367. The first-order valence-electron chi connectivity index (χ1n) is 10.4. The van der Waals surface area contributed by atoms with Crippen LogP contribution < -0.4 is 14.8 Å². The summed E-state index contributed by atoms with van der Waals surface area (Å²) in [5, 5.41) is 3.29. The number of nitrogens with one attached hydrogen (secondary N) is 1. The Morgan fingerprint density at radius 3 is 2.39 bits per heavy atom. The van der Waals surface area contributed by atoms with Gasteiger partial charge in [0.25, 0.3) is 5.91 Å². The van der Waals surface area contributed by atoms with Crippen molar-refractivity contribution in [1.82, 2.24) is 9.55 Å². The van der Waals surface area contributed by atoms with Crippen molar-refractivity contribution in [2.24, 2.45) is 0 Å². The highest BCUT2D eigenvalue weighted by Crippen LogP contribution is 2.32. The molecule has 2 aromatic carbocycles. The Morgan fingerprint density at radius 2 is 1.70 bits per heavy atom. The Hall–Kier alpha value is -3.77. The van der Waals surface area contributed by atoms with E-state index >= 15 is 0 Å². The predicted octanol–water partition coefficient (Wildman–Crippen LogP) is 5.98. The van der Waals surface area contributed by atoms with Gasteiger partial charge < -0.3 is 19.4 Å². The zero-order valence-electron chi connectivity index (χ0n) is 18.6. The Balaban J connectivity index is 1.56. The first-order valence-corrected chi connectivity index (χ1v) is 10.8. The van der Waals surface area contributed by atoms with Crippen LogP contribution in [-0.2, 0) is 6.61 Å². The molecule has 0 aliphatic carbocycles. The SMILES string of the molecule is COc1ccc(NC(=O)c2cc(-n3c(C)ccc3C)ccc2Cl)cc1OCc1ccncc1. The summed E-state index contributed by atoms with van der Waals surface area (Å²) in [5.41, 5.74) is 4.96. The van der Waals surface area contributed by atoms with Gasteiger partial charge in [-0.2, -0.15) is 0 Å². The number of amides is 1. The van der Waals surface area contributed by atoms with Gasteiger partial charge in [0.1, 0.15) is 6.61 Å². The summed E-state index contributed by atoms with van der Waals surface area (Å²) in [7, 11) is 1.57. The molecule has 0 spiro atoms. The molecule has 0 aliphatic heterocycles. The number of aryl methyl sites for hydroxylation is 2. The maximum absolute atomic E-state index is 13.1. The van der Waals surface area contributed by atoms with Gasteiger partial charge in [-0.05, 0) is 74.0 Å². The second-order valence-corrected chi connectivity index (χ2v) is 7.99. The van der Waals surface area contributed by atoms with Crippen LogP contribution in [0.25, 0.3) is 5.69 Å². The Labute approximate surface area is 197 Å². The molecule has 2 heterocycles. The highest BCUT2D eigenvalue weighted by Gasteiger charge is 2.15. The van der Waals surface area contributed by atoms with Crippen molar-refractivity contribution in [2.45, 2.75) is 20.5 Å². The first-order chi connectivity index (χ1) is 16.0. The van der Waals surface area contributed by atoms with E-state index in [1.54, 1.807) is 49.8 Å². The van der Waals surface area contributed by atoms with Crippen molar-refractivity contribution < 1.29 is 14.3 Å². The van der Waals surface area contributed by atoms with Gasteiger partial charge in [-0.25, -0.2) is 0 Å². The van der Waals surface area contributed by atoms with Gasteiger partial charge in [-0.15, -0.1) is 0 Å². The molecule has 0 saturated heterocycles. The minimum absolute atomic E-state index is 0.311. The molecule has 0 saturated carbocycles. The highest BCUT2D eigenvalue weighted by molar-refractivity contribution is 6.34. The fourth-order valence-electron chi connectivity index (χ4n) is 3.61. The lowest BCUT2D eigenvalue weighted by Crippen LogP contribution is -2.13. The van der Waals surface area contributed by atoms with E-state index in [2.05, 4.69) is 14.9 Å². The standard InChI is InChI=1S/C26H24ClN3O3/c1-17-4-5-18(2)30(17)21-7-8-23(27)22(15-21)26(31)29-20-6-9-24(32-3)25(14-20)33-16-19-10-12-28-13-11-19/h4-15H,16H2,1-3H3,(H,29,31). The number of hydrogen-bond donors (Lipinski definition) is 1. The van der Waals surface area contributed by atoms with Crippen molar-refractivity contribution in [3.8, 4) is 17.2 Å². The molecule has 0 aliphatic rings. The fraction of sp³-hybridized carbons (Fsp3) is 0.154. The lowest BCUT2D eigenvalue weighted by molar-refractivity contribution is 0.102. The van der Waals surface area contributed by atoms with E-state index in [1.165, 1.54) is 0 Å². The monoisotopic (exact) mass is 461 g/mol. The van der Waals surface area contributed by atoms with Gasteiger partial charge in [-0.1, -0.05) is 11.6 Å². The number of methoxy groups -OCH3 is 1. The van der Waals surface area contributed by atoms with Crippen molar-refractivity contribution >= 4 is 23.2 Å². The molecule has 168 valence electrons. The largest absolute Gasteiger partial charge is 0.493 e. The number of pyridine rings is 1. The summed E-state index contributed by atoms with van der Waals surface area (Å²) in [6.07, 6.45) is 3.42. The first kappa shape index (κ1) is 22.4. The molecular formula is C26H24ClN3O3. The molecule has 0 atom stereocenters. The smallest absolute Gasteiger partial charge is 0.257 e. The number of carbonyl (C=O) groups is 1. The van der Waals surface area contributed by atoms with E-state index < -0.39 is 0 Å². The Morgan fingerprint density at radius 1 is 0.970 bits per heavy atom. The molecule has 0 bridgehead atoms. The van der Waals surface area contributed by atoms with Gasteiger partial charge in [-0.3, -0.25) is 9.78 Å². The van der Waals surface area contributed by atoms with Crippen molar-refractivity contribution in [3.05, 3.63) is 101 Å². The molecule has 33 heavy (non-hydrogen) atoms. The molecule has 6 nitrogen and oxygen atoms in total. The number of anilines is 1. The number of carbonyl (C=O) groups excluding carboxylic acids is 1. The third-order valence-corrected chi connectivity index (χ3v) is 5.62. The average Bonchev–Trinajstić information content (AvgIpc) is 3.16. The van der Waals surface area contributed by atoms with Gasteiger partial charge in [0.2, 0.25) is 0 Å². The van der Waals surface area contributed by atoms with Crippen LogP contribution in [0.2, 0.25) is 5.02 Å². The summed E-state index contributed by atoms with van der Waals surface area (Å²) < 4.78 is 13.4. The van der Waals surface area contributed by atoms with Crippen LogP contribution in [0.15, 0.2) is 73.1 Å². The summed E-state index contributed by atoms with van der Waals surface area (Å²) >= 11 is 6.37. The minimum atomic E-state index is -0.311. The topological polar surface area (TPSA) is 65.4 Å².